The molecule has 1 atom stereocenters. The van der Waals surface area contributed by atoms with Crippen molar-refractivity contribution in [3.05, 3.63) is 70.9 Å². The normalized spacial score (nSPS) is 19.9. The third-order valence-corrected chi connectivity index (χ3v) is 7.20. The van der Waals surface area contributed by atoms with Gasteiger partial charge in [-0.3, -0.25) is 9.59 Å². The van der Waals surface area contributed by atoms with Crippen molar-refractivity contribution in [3.63, 3.8) is 0 Å². The topological polar surface area (TPSA) is 45.6 Å². The minimum absolute atomic E-state index is 0.0809. The molecule has 1 unspecified atom stereocenters. The van der Waals surface area contributed by atoms with E-state index in [1.807, 2.05) is 30.3 Å². The van der Waals surface area contributed by atoms with Gasteiger partial charge in [0.2, 0.25) is 0 Å². The molecule has 2 aliphatic rings. The van der Waals surface area contributed by atoms with Crippen molar-refractivity contribution < 1.29 is 9.59 Å². The van der Waals surface area contributed by atoms with Gasteiger partial charge in [0.05, 0.1) is 0 Å². The Morgan fingerprint density at radius 2 is 1.72 bits per heavy atom. The van der Waals surface area contributed by atoms with E-state index in [0.717, 1.165) is 73.2 Å². The molecule has 1 aromatic heterocycles. The average Bonchev–Trinajstić information content (AvgIpc) is 3.12. The molecule has 166 valence electrons. The number of para-hydroxylation sites is 1. The molecule has 0 bridgehead atoms. The Bertz CT molecular complexity index is 1150. The molecule has 0 N–H and O–H groups in total. The molecule has 1 aliphatic carbocycles. The molecule has 1 aliphatic heterocycles. The first-order valence-electron chi connectivity index (χ1n) is 11.7. The highest BCUT2D eigenvalue weighted by atomic mass is 16.1. The minimum Gasteiger partial charge on any atom is -0.339 e. The van der Waals surface area contributed by atoms with Gasteiger partial charge in [-0.05, 0) is 38.4 Å². The Hall–Kier alpha value is -2.76. The summed E-state index contributed by atoms with van der Waals surface area (Å²) >= 11 is 0. The van der Waals surface area contributed by atoms with Gasteiger partial charge in [-0.15, -0.1) is 0 Å². The minimum atomic E-state index is 0.0809. The van der Waals surface area contributed by atoms with E-state index in [1.54, 1.807) is 6.92 Å². The number of benzene rings is 2. The Labute approximate surface area is 189 Å². The van der Waals surface area contributed by atoms with Crippen LogP contribution in [0.5, 0.6) is 0 Å². The predicted octanol–water partition coefficient (Wildman–Crippen LogP) is 3.88. The van der Waals surface area contributed by atoms with Crippen LogP contribution in [0.15, 0.2) is 48.5 Å². The lowest BCUT2D eigenvalue weighted by Crippen LogP contribution is -2.47. The van der Waals surface area contributed by atoms with Gasteiger partial charge in [0.1, 0.15) is 0 Å². The number of hydrogen-bond acceptors (Lipinski definition) is 4. The third kappa shape index (κ3) is 3.91. The summed E-state index contributed by atoms with van der Waals surface area (Å²) in [4.78, 5) is 30.1. The number of nitrogens with zero attached hydrogens (tertiary/aromatic N) is 3. The molecule has 0 amide bonds. The van der Waals surface area contributed by atoms with E-state index in [0.29, 0.717) is 12.3 Å². The van der Waals surface area contributed by atoms with E-state index in [-0.39, 0.29) is 11.7 Å². The molecule has 5 nitrogen and oxygen atoms in total. The average molecular weight is 430 g/mol. The van der Waals surface area contributed by atoms with Crippen LogP contribution in [0.4, 0.5) is 0 Å². The summed E-state index contributed by atoms with van der Waals surface area (Å²) in [5.41, 5.74) is 5.11. The summed E-state index contributed by atoms with van der Waals surface area (Å²) < 4.78 is 2.32. The predicted molar refractivity (Wildman–Crippen MR) is 128 cm³/mol. The molecule has 2 aromatic carbocycles. The summed E-state index contributed by atoms with van der Waals surface area (Å²) in [6.07, 6.45) is 1.84. The highest BCUT2D eigenvalue weighted by molar-refractivity contribution is 6.11. The number of piperazine rings is 1. The zero-order valence-corrected chi connectivity index (χ0v) is 19.0. The van der Waals surface area contributed by atoms with Crippen molar-refractivity contribution >= 4 is 22.5 Å². The summed E-state index contributed by atoms with van der Waals surface area (Å²) in [6, 6.07) is 16.2. The van der Waals surface area contributed by atoms with E-state index in [4.69, 9.17) is 0 Å². The molecule has 1 saturated heterocycles. The smallest absolute Gasteiger partial charge is 0.169 e. The lowest BCUT2D eigenvalue weighted by molar-refractivity contribution is 0.0812. The number of carbonyl (C=O) groups is 2. The molecule has 0 spiro atoms. The standard InChI is InChI=1S/C27H31N3O2/c1-19(31)21-9-7-20(8-10-21)17-30-24-6-4-3-5-23(24)26-25(30)12-11-22(27(26)32)18-29-15-13-28(2)14-16-29/h3-10,22H,11-18H2,1-2H3. The molecule has 5 rings (SSSR count). The van der Waals surface area contributed by atoms with Gasteiger partial charge in [-0.25, -0.2) is 0 Å². The van der Waals surface area contributed by atoms with Crippen molar-refractivity contribution in [3.8, 4) is 0 Å². The first-order valence-corrected chi connectivity index (χ1v) is 11.7. The Balaban J connectivity index is 1.45. The Kier molecular flexibility index (Phi) is 5.70. The molecule has 5 heteroatoms. The number of fused-ring (bicyclic) bond motifs is 3. The second-order valence-electron chi connectivity index (χ2n) is 9.38. The van der Waals surface area contributed by atoms with Gasteiger partial charge < -0.3 is 14.4 Å². The van der Waals surface area contributed by atoms with Gasteiger partial charge in [0.15, 0.2) is 11.6 Å². The summed E-state index contributed by atoms with van der Waals surface area (Å²) in [6.45, 7) is 7.43. The molecule has 3 aromatic rings. The number of aromatic nitrogens is 1. The van der Waals surface area contributed by atoms with Crippen molar-refractivity contribution in [1.29, 1.82) is 0 Å². The van der Waals surface area contributed by atoms with Gasteiger partial charge in [-0.1, -0.05) is 42.5 Å². The fourth-order valence-electron chi connectivity index (χ4n) is 5.26. The maximum Gasteiger partial charge on any atom is 0.169 e. The van der Waals surface area contributed by atoms with Crippen LogP contribution in [0, 0.1) is 5.92 Å². The second-order valence-corrected chi connectivity index (χ2v) is 9.38. The Morgan fingerprint density at radius 1 is 1.00 bits per heavy atom. The van der Waals surface area contributed by atoms with E-state index in [2.05, 4.69) is 39.6 Å². The lowest BCUT2D eigenvalue weighted by atomic mass is 9.84. The van der Waals surface area contributed by atoms with Crippen LogP contribution in [0.25, 0.3) is 10.9 Å². The van der Waals surface area contributed by atoms with Gasteiger partial charge in [0.25, 0.3) is 0 Å². The van der Waals surface area contributed by atoms with Crippen LogP contribution in [0.2, 0.25) is 0 Å². The highest BCUT2D eigenvalue weighted by Gasteiger charge is 2.34. The van der Waals surface area contributed by atoms with Crippen LogP contribution in [-0.2, 0) is 13.0 Å². The maximum atomic E-state index is 13.7. The van der Waals surface area contributed by atoms with Crippen LogP contribution < -0.4 is 0 Å². The van der Waals surface area contributed by atoms with E-state index >= 15 is 0 Å². The van der Waals surface area contributed by atoms with Crippen molar-refractivity contribution in [2.45, 2.75) is 26.3 Å². The molecule has 2 heterocycles. The zero-order chi connectivity index (χ0) is 22.2. The summed E-state index contributed by atoms with van der Waals surface area (Å²) in [5, 5.41) is 1.08. The quantitative estimate of drug-likeness (QED) is 0.578. The van der Waals surface area contributed by atoms with E-state index in [9.17, 15) is 9.59 Å². The molecular weight excluding hydrogens is 398 g/mol. The number of rotatable bonds is 5. The second kappa shape index (κ2) is 8.64. The van der Waals surface area contributed by atoms with Crippen molar-refractivity contribution in [1.82, 2.24) is 14.4 Å². The summed E-state index contributed by atoms with van der Waals surface area (Å²) in [7, 11) is 2.16. The highest BCUT2D eigenvalue weighted by Crippen LogP contribution is 2.35. The van der Waals surface area contributed by atoms with Gasteiger partial charge in [0, 0.05) is 72.9 Å². The van der Waals surface area contributed by atoms with E-state index in [1.165, 1.54) is 5.69 Å². The molecule has 0 saturated carbocycles. The van der Waals surface area contributed by atoms with E-state index < -0.39 is 0 Å². The first kappa shape index (κ1) is 21.1. The summed E-state index contributed by atoms with van der Waals surface area (Å²) in [5.74, 6) is 0.476. The number of ketones is 2. The number of carbonyl (C=O) groups excluding carboxylic acids is 2. The monoisotopic (exact) mass is 429 g/mol. The van der Waals surface area contributed by atoms with Gasteiger partial charge >= 0.3 is 0 Å². The van der Waals surface area contributed by atoms with Crippen molar-refractivity contribution in [2.75, 3.05) is 39.8 Å². The third-order valence-electron chi connectivity index (χ3n) is 7.20. The number of hydrogen-bond donors (Lipinski definition) is 0. The molecular formula is C27H31N3O2. The molecule has 0 radical (unpaired) electrons. The fourth-order valence-corrected chi connectivity index (χ4v) is 5.26. The van der Waals surface area contributed by atoms with Crippen LogP contribution >= 0.6 is 0 Å². The van der Waals surface area contributed by atoms with Gasteiger partial charge in [-0.2, -0.15) is 0 Å². The number of Topliss-reactive ketones (excluding diaryl/α,β-unsaturated/α-hetero) is 2. The Morgan fingerprint density at radius 3 is 2.44 bits per heavy atom. The SMILES string of the molecule is CC(=O)c1ccc(Cn2c3c(c4ccccc42)C(=O)C(CN2CCN(C)CC2)CC3)cc1. The van der Waals surface area contributed by atoms with Crippen LogP contribution in [-0.4, -0.2) is 65.7 Å². The lowest BCUT2D eigenvalue weighted by Gasteiger charge is -2.35. The zero-order valence-electron chi connectivity index (χ0n) is 19.0. The van der Waals surface area contributed by atoms with Crippen LogP contribution in [0.1, 0.15) is 45.3 Å². The fraction of sp³-hybridized carbons (Fsp3) is 0.407. The molecule has 1 fully saturated rings. The first-order chi connectivity index (χ1) is 15.5. The number of likely N-dealkylation sites (N-methyl/N-ethyl adjacent to an activating group) is 1. The van der Waals surface area contributed by atoms with Crippen molar-refractivity contribution in [2.24, 2.45) is 5.92 Å². The maximum absolute atomic E-state index is 13.7. The largest absolute Gasteiger partial charge is 0.339 e. The van der Waals surface area contributed by atoms with Crippen LogP contribution in [0.3, 0.4) is 0 Å². The molecule has 32 heavy (non-hydrogen) atoms.